The minimum Gasteiger partial charge on any atom is -0.316 e. The maximum absolute atomic E-state index is 10.9. The molecule has 1 amide bonds. The van der Waals surface area contributed by atoms with Crippen LogP contribution in [0.1, 0.15) is 5.56 Å². The molecule has 0 aromatic carbocycles. The van der Waals surface area contributed by atoms with Crippen LogP contribution in [0.25, 0.3) is 0 Å². The van der Waals surface area contributed by atoms with E-state index < -0.39 is 0 Å². The maximum Gasteiger partial charge on any atom is 0.246 e. The molecule has 1 N–H and O–H groups in total. The zero-order valence-corrected chi connectivity index (χ0v) is 6.52. The fourth-order valence-corrected chi connectivity index (χ4v) is 1.70. The number of amides is 1. The van der Waals surface area contributed by atoms with Crippen molar-refractivity contribution in [3.63, 3.8) is 0 Å². The van der Waals surface area contributed by atoms with Gasteiger partial charge in [0.05, 0.1) is 0 Å². The predicted molar refractivity (Wildman–Crippen MR) is 45.4 cm³/mol. The summed E-state index contributed by atoms with van der Waals surface area (Å²) >= 11 is 1.52. The molecule has 11 heavy (non-hydrogen) atoms. The highest BCUT2D eigenvalue weighted by Crippen LogP contribution is 2.22. The van der Waals surface area contributed by atoms with Gasteiger partial charge >= 0.3 is 0 Å². The quantitative estimate of drug-likeness (QED) is 0.616. The predicted octanol–water partition coefficient (Wildman–Crippen LogP) is 1.12. The molecule has 0 saturated carbocycles. The number of carbonyl (C=O) groups excluding carboxylic acids is 1. The molecule has 0 aliphatic carbocycles. The molecule has 1 aliphatic rings. The Balaban J connectivity index is 2.44. The van der Waals surface area contributed by atoms with Crippen LogP contribution in [0.15, 0.2) is 16.4 Å². The Hall–Kier alpha value is -1.16. The fraction of sp³-hybridized carbons (Fsp3) is 0.143. The lowest BCUT2D eigenvalue weighted by atomic mass is 10.3. The molecule has 0 fully saturated rings. The Morgan fingerprint density at radius 2 is 2.55 bits per heavy atom. The van der Waals surface area contributed by atoms with E-state index in [9.17, 15) is 4.79 Å². The number of thiophene rings is 1. The number of rotatable bonds is 0. The van der Waals surface area contributed by atoms with Crippen molar-refractivity contribution in [3.05, 3.63) is 17.0 Å². The Morgan fingerprint density at radius 1 is 1.64 bits per heavy atom. The second kappa shape index (κ2) is 2.47. The van der Waals surface area contributed by atoms with Gasteiger partial charge in [0.2, 0.25) is 5.91 Å². The molecule has 0 atom stereocenters. The Kier molecular flexibility index (Phi) is 1.47. The van der Waals surface area contributed by atoms with Gasteiger partial charge in [-0.15, -0.1) is 11.3 Å². The highest BCUT2D eigenvalue weighted by atomic mass is 32.1. The number of aliphatic imine (C=N–C) groups is 1. The first-order valence-corrected chi connectivity index (χ1v) is 4.11. The molecule has 3 nitrogen and oxygen atoms in total. The first kappa shape index (κ1) is 6.54. The number of anilines is 1. The SMILES string of the molecule is O=C1CN=Cc2ccsc2N1. The number of fused-ring (bicyclic) bond motifs is 1. The summed E-state index contributed by atoms with van der Waals surface area (Å²) in [7, 11) is 0. The average Bonchev–Trinajstić information content (AvgIpc) is 2.31. The van der Waals surface area contributed by atoms with Crippen molar-refractivity contribution in [2.75, 3.05) is 11.9 Å². The Bertz CT molecular complexity index is 316. The second-order valence-electron chi connectivity index (χ2n) is 2.22. The largest absolute Gasteiger partial charge is 0.316 e. The average molecular weight is 166 g/mol. The van der Waals surface area contributed by atoms with Gasteiger partial charge in [0.15, 0.2) is 0 Å². The lowest BCUT2D eigenvalue weighted by Crippen LogP contribution is -2.12. The molecule has 0 saturated heterocycles. The van der Waals surface area contributed by atoms with Crippen LogP contribution in [0.2, 0.25) is 0 Å². The molecular weight excluding hydrogens is 160 g/mol. The highest BCUT2D eigenvalue weighted by Gasteiger charge is 2.09. The summed E-state index contributed by atoms with van der Waals surface area (Å²) in [5.41, 5.74) is 1.00. The van der Waals surface area contributed by atoms with E-state index in [1.54, 1.807) is 6.21 Å². The van der Waals surface area contributed by atoms with Gasteiger partial charge in [-0.1, -0.05) is 0 Å². The van der Waals surface area contributed by atoms with Gasteiger partial charge in [-0.2, -0.15) is 0 Å². The summed E-state index contributed by atoms with van der Waals surface area (Å²) in [6.45, 7) is 0.237. The zero-order chi connectivity index (χ0) is 7.68. The topological polar surface area (TPSA) is 41.5 Å². The summed E-state index contributed by atoms with van der Waals surface area (Å²) in [6.07, 6.45) is 1.73. The van der Waals surface area contributed by atoms with Crippen LogP contribution in [0.5, 0.6) is 0 Å². The van der Waals surface area contributed by atoms with E-state index in [0.29, 0.717) is 0 Å². The van der Waals surface area contributed by atoms with Crippen molar-refractivity contribution >= 4 is 28.5 Å². The molecule has 0 bridgehead atoms. The zero-order valence-electron chi connectivity index (χ0n) is 5.70. The third kappa shape index (κ3) is 1.17. The summed E-state index contributed by atoms with van der Waals surface area (Å²) < 4.78 is 0. The number of hydrogen-bond donors (Lipinski definition) is 1. The van der Waals surface area contributed by atoms with Crippen molar-refractivity contribution in [1.82, 2.24) is 0 Å². The van der Waals surface area contributed by atoms with Crippen molar-refractivity contribution in [3.8, 4) is 0 Å². The van der Waals surface area contributed by atoms with Crippen LogP contribution < -0.4 is 5.32 Å². The minimum absolute atomic E-state index is 0.0394. The van der Waals surface area contributed by atoms with Crippen LogP contribution in [0, 0.1) is 0 Å². The third-order valence-electron chi connectivity index (χ3n) is 1.41. The summed E-state index contributed by atoms with van der Waals surface area (Å²) in [4.78, 5) is 14.9. The normalized spacial score (nSPS) is 15.5. The molecule has 1 aromatic heterocycles. The second-order valence-corrected chi connectivity index (χ2v) is 3.14. The maximum atomic E-state index is 10.9. The van der Waals surface area contributed by atoms with Crippen molar-refractivity contribution in [1.29, 1.82) is 0 Å². The minimum atomic E-state index is -0.0394. The molecule has 1 aliphatic heterocycles. The van der Waals surface area contributed by atoms with Crippen LogP contribution in [-0.4, -0.2) is 18.7 Å². The first-order chi connectivity index (χ1) is 5.36. The number of nitrogens with zero attached hydrogens (tertiary/aromatic N) is 1. The Labute approximate surface area is 67.8 Å². The van der Waals surface area contributed by atoms with Gasteiger partial charge in [-0.3, -0.25) is 9.79 Å². The van der Waals surface area contributed by atoms with Crippen LogP contribution in [-0.2, 0) is 4.79 Å². The molecule has 2 rings (SSSR count). The van der Waals surface area contributed by atoms with Crippen molar-refractivity contribution < 1.29 is 4.79 Å². The lowest BCUT2D eigenvalue weighted by molar-refractivity contribution is -0.114. The lowest BCUT2D eigenvalue weighted by Gasteiger charge is -1.95. The molecule has 0 radical (unpaired) electrons. The van der Waals surface area contributed by atoms with Gasteiger partial charge in [-0.05, 0) is 11.4 Å². The van der Waals surface area contributed by atoms with Crippen LogP contribution in [0.3, 0.4) is 0 Å². The van der Waals surface area contributed by atoms with E-state index in [4.69, 9.17) is 0 Å². The Morgan fingerprint density at radius 3 is 3.45 bits per heavy atom. The molecular formula is C7H6N2OS. The van der Waals surface area contributed by atoms with E-state index >= 15 is 0 Å². The molecule has 0 unspecified atom stereocenters. The van der Waals surface area contributed by atoms with Gasteiger partial charge in [-0.25, -0.2) is 0 Å². The molecule has 2 heterocycles. The van der Waals surface area contributed by atoms with E-state index in [2.05, 4.69) is 10.3 Å². The summed E-state index contributed by atoms with van der Waals surface area (Å²) in [5, 5.41) is 5.59. The third-order valence-corrected chi connectivity index (χ3v) is 2.26. The van der Waals surface area contributed by atoms with Crippen molar-refractivity contribution in [2.45, 2.75) is 0 Å². The van der Waals surface area contributed by atoms with E-state index in [-0.39, 0.29) is 12.5 Å². The van der Waals surface area contributed by atoms with Gasteiger partial charge in [0, 0.05) is 11.8 Å². The van der Waals surface area contributed by atoms with Crippen LogP contribution >= 0.6 is 11.3 Å². The molecule has 0 spiro atoms. The van der Waals surface area contributed by atoms with Gasteiger partial charge < -0.3 is 5.32 Å². The summed E-state index contributed by atoms with van der Waals surface area (Å²) in [6, 6.07) is 1.94. The van der Waals surface area contributed by atoms with E-state index in [1.807, 2.05) is 11.4 Å². The van der Waals surface area contributed by atoms with Crippen molar-refractivity contribution in [2.24, 2.45) is 4.99 Å². The number of carbonyl (C=O) groups is 1. The first-order valence-electron chi connectivity index (χ1n) is 3.23. The van der Waals surface area contributed by atoms with Gasteiger partial charge in [0.25, 0.3) is 0 Å². The molecule has 56 valence electrons. The summed E-state index contributed by atoms with van der Waals surface area (Å²) in [5.74, 6) is -0.0394. The van der Waals surface area contributed by atoms with Gasteiger partial charge in [0.1, 0.15) is 11.5 Å². The molecule has 1 aromatic rings. The highest BCUT2D eigenvalue weighted by molar-refractivity contribution is 7.14. The fourth-order valence-electron chi connectivity index (χ4n) is 0.915. The van der Waals surface area contributed by atoms with E-state index in [1.165, 1.54) is 11.3 Å². The number of hydrogen-bond acceptors (Lipinski definition) is 3. The standard InChI is InChI=1S/C7H6N2OS/c10-6-4-8-3-5-1-2-11-7(5)9-6/h1-3H,4H2,(H,9,10). The van der Waals surface area contributed by atoms with Crippen LogP contribution in [0.4, 0.5) is 5.00 Å². The number of nitrogens with one attached hydrogen (secondary N) is 1. The van der Waals surface area contributed by atoms with E-state index in [0.717, 1.165) is 10.6 Å². The monoisotopic (exact) mass is 166 g/mol. The smallest absolute Gasteiger partial charge is 0.246 e. The molecule has 4 heteroatoms.